The fraction of sp³-hybridized carbons (Fsp3) is 0.350. The molecule has 2 N–H and O–H groups in total. The monoisotopic (exact) mass is 314 g/mol. The first-order valence-corrected chi connectivity index (χ1v) is 8.20. The zero-order valence-electron chi connectivity index (χ0n) is 13.7. The van der Waals surface area contributed by atoms with Gasteiger partial charge in [-0.3, -0.25) is 0 Å². The van der Waals surface area contributed by atoms with Crippen molar-refractivity contribution >= 4 is 6.16 Å². The molecule has 0 aliphatic carbocycles. The van der Waals surface area contributed by atoms with Gasteiger partial charge in [0.15, 0.2) is 0 Å². The molecular formula is C20H26O3. The van der Waals surface area contributed by atoms with Crippen LogP contribution >= 0.6 is 0 Å². The molecule has 0 heterocycles. The van der Waals surface area contributed by atoms with Crippen molar-refractivity contribution in [2.24, 2.45) is 0 Å². The van der Waals surface area contributed by atoms with E-state index in [0.717, 1.165) is 0 Å². The van der Waals surface area contributed by atoms with E-state index in [1.54, 1.807) is 0 Å². The molecule has 2 rings (SSSR count). The molecule has 0 spiro atoms. The minimum atomic E-state index is -1.83. The van der Waals surface area contributed by atoms with Crippen LogP contribution in [0.5, 0.6) is 0 Å². The normalized spacial score (nSPS) is 9.78. The van der Waals surface area contributed by atoms with Gasteiger partial charge in [0.05, 0.1) is 0 Å². The highest BCUT2D eigenvalue weighted by atomic mass is 16.6. The predicted octanol–water partition coefficient (Wildman–Crippen LogP) is 6.09. The standard InChI is InChI=1S/C19H24.CH2O3/c1-2-3-4-5-7-12-18-15-10-11-16-19(18)17-13-8-6-9-14-17;2-1(3)4/h6,8-11,13-16H,2-5,7,12H2,1H3;(H2,2,3,4). The van der Waals surface area contributed by atoms with Gasteiger partial charge in [-0.2, -0.15) is 0 Å². The summed E-state index contributed by atoms with van der Waals surface area (Å²) in [6.45, 7) is 2.27. The van der Waals surface area contributed by atoms with Crippen molar-refractivity contribution in [2.75, 3.05) is 0 Å². The molecule has 3 nitrogen and oxygen atoms in total. The van der Waals surface area contributed by atoms with Crippen LogP contribution in [-0.4, -0.2) is 16.4 Å². The summed E-state index contributed by atoms with van der Waals surface area (Å²) < 4.78 is 0. The van der Waals surface area contributed by atoms with Crippen molar-refractivity contribution in [3.05, 3.63) is 60.2 Å². The maximum atomic E-state index is 8.56. The van der Waals surface area contributed by atoms with Crippen LogP contribution < -0.4 is 0 Å². The number of benzene rings is 2. The molecule has 3 heteroatoms. The summed E-state index contributed by atoms with van der Waals surface area (Å²) in [7, 11) is 0. The van der Waals surface area contributed by atoms with Crippen molar-refractivity contribution in [3.8, 4) is 11.1 Å². The van der Waals surface area contributed by atoms with Gasteiger partial charge in [0.2, 0.25) is 0 Å². The van der Waals surface area contributed by atoms with Crippen molar-refractivity contribution < 1.29 is 15.0 Å². The number of rotatable bonds is 7. The number of hydrogen-bond donors (Lipinski definition) is 2. The van der Waals surface area contributed by atoms with Crippen LogP contribution in [-0.2, 0) is 6.42 Å². The van der Waals surface area contributed by atoms with Crippen LogP contribution in [0.1, 0.15) is 44.6 Å². The van der Waals surface area contributed by atoms with Gasteiger partial charge in [-0.15, -0.1) is 0 Å². The molecule has 0 bridgehead atoms. The van der Waals surface area contributed by atoms with E-state index in [-0.39, 0.29) is 0 Å². The van der Waals surface area contributed by atoms with Crippen molar-refractivity contribution in [1.29, 1.82) is 0 Å². The Morgan fingerprint density at radius 3 is 2.04 bits per heavy atom. The lowest BCUT2D eigenvalue weighted by molar-refractivity contribution is 0.137. The molecule has 0 fully saturated rings. The Kier molecular flexibility index (Phi) is 9.22. The van der Waals surface area contributed by atoms with E-state index in [1.807, 2.05) is 0 Å². The van der Waals surface area contributed by atoms with Crippen LogP contribution in [0.2, 0.25) is 0 Å². The van der Waals surface area contributed by atoms with Crippen molar-refractivity contribution in [3.63, 3.8) is 0 Å². The second-order valence-corrected chi connectivity index (χ2v) is 5.47. The second kappa shape index (κ2) is 11.3. The average molecular weight is 314 g/mol. The van der Waals surface area contributed by atoms with E-state index >= 15 is 0 Å². The van der Waals surface area contributed by atoms with E-state index in [4.69, 9.17) is 15.0 Å². The highest BCUT2D eigenvalue weighted by molar-refractivity contribution is 5.67. The molecule has 0 saturated heterocycles. The lowest BCUT2D eigenvalue weighted by Gasteiger charge is -2.09. The maximum absolute atomic E-state index is 8.56. The Hall–Kier alpha value is -2.29. The van der Waals surface area contributed by atoms with E-state index < -0.39 is 6.16 Å². The highest BCUT2D eigenvalue weighted by Crippen LogP contribution is 2.24. The fourth-order valence-electron chi connectivity index (χ4n) is 2.56. The first kappa shape index (κ1) is 18.8. The number of carbonyl (C=O) groups is 1. The number of aryl methyl sites for hydroxylation is 1. The quantitative estimate of drug-likeness (QED) is 0.608. The van der Waals surface area contributed by atoms with E-state index in [9.17, 15) is 0 Å². The molecule has 0 aromatic heterocycles. The number of carboxylic acid groups (broad SMARTS) is 2. The Balaban J connectivity index is 0.000000593. The first-order valence-electron chi connectivity index (χ1n) is 8.20. The molecule has 23 heavy (non-hydrogen) atoms. The Morgan fingerprint density at radius 1 is 0.826 bits per heavy atom. The minimum absolute atomic E-state index is 1.20. The zero-order chi connectivity index (χ0) is 16.9. The molecule has 0 aliphatic heterocycles. The fourth-order valence-corrected chi connectivity index (χ4v) is 2.56. The van der Waals surface area contributed by atoms with Crippen LogP contribution in [0.4, 0.5) is 4.79 Å². The molecule has 0 saturated carbocycles. The van der Waals surface area contributed by atoms with Gasteiger partial charge in [-0.1, -0.05) is 87.2 Å². The summed E-state index contributed by atoms with van der Waals surface area (Å²) in [5.74, 6) is 0. The molecule has 2 aromatic carbocycles. The summed E-state index contributed by atoms with van der Waals surface area (Å²) in [4.78, 5) is 8.56. The van der Waals surface area contributed by atoms with E-state index in [1.165, 1.54) is 55.2 Å². The van der Waals surface area contributed by atoms with Crippen molar-refractivity contribution in [2.45, 2.75) is 45.4 Å². The molecule has 0 unspecified atom stereocenters. The van der Waals surface area contributed by atoms with Gasteiger partial charge >= 0.3 is 6.16 Å². The van der Waals surface area contributed by atoms with Gasteiger partial charge in [-0.25, -0.2) is 4.79 Å². The van der Waals surface area contributed by atoms with Crippen LogP contribution in [0.25, 0.3) is 11.1 Å². The third-order valence-corrected chi connectivity index (χ3v) is 3.65. The number of hydrogen-bond acceptors (Lipinski definition) is 1. The Bertz CT molecular complexity index is 560. The smallest absolute Gasteiger partial charge is 0.450 e. The largest absolute Gasteiger partial charge is 0.503 e. The zero-order valence-corrected chi connectivity index (χ0v) is 13.7. The summed E-state index contributed by atoms with van der Waals surface area (Å²) in [6, 6.07) is 19.6. The lowest BCUT2D eigenvalue weighted by atomic mass is 9.96. The van der Waals surface area contributed by atoms with Gasteiger partial charge in [0.1, 0.15) is 0 Å². The molecule has 124 valence electrons. The van der Waals surface area contributed by atoms with Gasteiger partial charge in [0, 0.05) is 0 Å². The Labute approximate surface area is 138 Å². The van der Waals surface area contributed by atoms with Gasteiger partial charge in [-0.05, 0) is 29.5 Å². The molecular weight excluding hydrogens is 288 g/mol. The summed E-state index contributed by atoms with van der Waals surface area (Å²) in [5.41, 5.74) is 4.23. The summed E-state index contributed by atoms with van der Waals surface area (Å²) in [5, 5.41) is 13.9. The van der Waals surface area contributed by atoms with Crippen molar-refractivity contribution in [1.82, 2.24) is 0 Å². The SMILES string of the molecule is CCCCCCCc1ccccc1-c1ccccc1.O=C(O)O. The number of unbranched alkanes of at least 4 members (excludes halogenated alkanes) is 4. The summed E-state index contributed by atoms with van der Waals surface area (Å²) >= 11 is 0. The minimum Gasteiger partial charge on any atom is -0.450 e. The topological polar surface area (TPSA) is 57.5 Å². The molecule has 0 atom stereocenters. The molecule has 0 radical (unpaired) electrons. The third-order valence-electron chi connectivity index (χ3n) is 3.65. The first-order chi connectivity index (χ1) is 11.1. The Morgan fingerprint density at radius 2 is 1.39 bits per heavy atom. The molecule has 2 aromatic rings. The van der Waals surface area contributed by atoms with E-state index in [2.05, 4.69) is 61.5 Å². The second-order valence-electron chi connectivity index (χ2n) is 5.47. The van der Waals surface area contributed by atoms with Crippen LogP contribution in [0.3, 0.4) is 0 Å². The van der Waals surface area contributed by atoms with Crippen LogP contribution in [0, 0.1) is 0 Å². The summed E-state index contributed by atoms with van der Waals surface area (Å²) in [6.07, 6.45) is 6.11. The lowest BCUT2D eigenvalue weighted by Crippen LogP contribution is -1.90. The predicted molar refractivity (Wildman–Crippen MR) is 95.0 cm³/mol. The van der Waals surface area contributed by atoms with Crippen LogP contribution in [0.15, 0.2) is 54.6 Å². The average Bonchev–Trinajstić information content (AvgIpc) is 2.55. The molecule has 0 amide bonds. The molecule has 0 aliphatic rings. The third kappa shape index (κ3) is 8.05. The maximum Gasteiger partial charge on any atom is 0.503 e. The van der Waals surface area contributed by atoms with Gasteiger partial charge in [0.25, 0.3) is 0 Å². The highest BCUT2D eigenvalue weighted by Gasteiger charge is 2.03. The van der Waals surface area contributed by atoms with Gasteiger partial charge < -0.3 is 10.2 Å². The van der Waals surface area contributed by atoms with E-state index in [0.29, 0.717) is 0 Å².